The zero-order valence-corrected chi connectivity index (χ0v) is 40.8. The molecule has 3 unspecified atom stereocenters. The van der Waals surface area contributed by atoms with Crippen LogP contribution in [0, 0.1) is 5.92 Å². The number of nitrogens with zero attached hydrogens (tertiary/aromatic N) is 3. The minimum atomic E-state index is 0.178. The fraction of sp³-hybridized carbons (Fsp3) is 0.0563. The first-order valence-corrected chi connectivity index (χ1v) is 25.9. The first-order chi connectivity index (χ1) is 36.7. The normalized spacial score (nSPS) is 16.4. The van der Waals surface area contributed by atoms with E-state index in [0.29, 0.717) is 0 Å². The number of anilines is 2. The molecule has 3 heterocycles. The lowest BCUT2D eigenvalue weighted by atomic mass is 9.81. The van der Waals surface area contributed by atoms with E-state index in [4.69, 9.17) is 4.98 Å². The second-order valence-corrected chi connectivity index (χ2v) is 19.8. The maximum Gasteiger partial charge on any atom is 0.138 e. The van der Waals surface area contributed by atoms with Gasteiger partial charge >= 0.3 is 0 Å². The maximum atomic E-state index is 5.61. The summed E-state index contributed by atoms with van der Waals surface area (Å²) in [5.41, 5.74) is 20.3. The van der Waals surface area contributed by atoms with Gasteiger partial charge in [-0.25, -0.2) is 4.98 Å². The van der Waals surface area contributed by atoms with E-state index >= 15 is 0 Å². The molecule has 3 heteroatoms. The number of rotatable bonds is 9. The summed E-state index contributed by atoms with van der Waals surface area (Å²) in [5, 5.41) is 3.66. The van der Waals surface area contributed by atoms with Gasteiger partial charge in [0.05, 0.1) is 22.6 Å². The number of fused-ring (bicyclic) bond motifs is 6. The van der Waals surface area contributed by atoms with Gasteiger partial charge in [0, 0.05) is 39.4 Å². The monoisotopic (exact) mass is 945 g/mol. The van der Waals surface area contributed by atoms with Crippen molar-refractivity contribution in [3.63, 3.8) is 0 Å². The smallest absolute Gasteiger partial charge is 0.138 e. The highest BCUT2D eigenvalue weighted by molar-refractivity contribution is 5.90. The molecule has 74 heavy (non-hydrogen) atoms. The quantitative estimate of drug-likeness (QED) is 0.144. The van der Waals surface area contributed by atoms with Crippen molar-refractivity contribution in [1.29, 1.82) is 0 Å². The fourth-order valence-corrected chi connectivity index (χ4v) is 11.8. The molecule has 3 atom stereocenters. The summed E-state index contributed by atoms with van der Waals surface area (Å²) < 4.78 is 2.42. The molecule has 14 rings (SSSR count). The van der Waals surface area contributed by atoms with Gasteiger partial charge in [0.1, 0.15) is 5.82 Å². The molecule has 9 aromatic carbocycles. The Labute approximate surface area is 432 Å². The SMILES string of the molecule is C1=CC2C(C=C1C1C=c3c(n(-c4cc(-c5ccc(-c6ccccc6)cc5)cc(-c5ccc(-c6ccccc6)cc5)n4)c4ccc(-c5ccccc5)cc34)=CC1)c1cc(-c3ccccc3)ccc1N2c1ccccc1. The molecular formula is C71H51N3. The highest BCUT2D eigenvalue weighted by Crippen LogP contribution is 2.50. The summed E-state index contributed by atoms with van der Waals surface area (Å²) in [6, 6.07) is 90.3. The molecule has 0 spiro atoms. The summed E-state index contributed by atoms with van der Waals surface area (Å²) in [4.78, 5) is 8.15. The second kappa shape index (κ2) is 18.4. The minimum Gasteiger partial charge on any atom is -0.333 e. The zero-order valence-electron chi connectivity index (χ0n) is 40.8. The molecule has 2 aromatic heterocycles. The molecule has 0 N–H and O–H groups in total. The van der Waals surface area contributed by atoms with Gasteiger partial charge in [-0.1, -0.05) is 231 Å². The van der Waals surface area contributed by atoms with Crippen molar-refractivity contribution >= 4 is 34.4 Å². The largest absolute Gasteiger partial charge is 0.333 e. The third-order valence-corrected chi connectivity index (χ3v) is 15.5. The van der Waals surface area contributed by atoms with Crippen molar-refractivity contribution in [2.24, 2.45) is 5.92 Å². The molecule has 2 aliphatic carbocycles. The molecule has 0 fully saturated rings. The third kappa shape index (κ3) is 7.82. The molecule has 0 bridgehead atoms. The lowest BCUT2D eigenvalue weighted by Crippen LogP contribution is -2.33. The number of benzene rings is 9. The van der Waals surface area contributed by atoms with E-state index in [-0.39, 0.29) is 17.9 Å². The molecule has 3 nitrogen and oxygen atoms in total. The molecule has 0 amide bonds. The van der Waals surface area contributed by atoms with Crippen molar-refractivity contribution in [2.45, 2.75) is 18.4 Å². The number of pyridine rings is 1. The topological polar surface area (TPSA) is 21.1 Å². The average Bonchev–Trinajstić information content (AvgIpc) is 3.99. The standard InChI is InChI=1S/C71H51N3/c1-6-16-48(17-7-1)52-26-28-54(29-27-52)60-46-66(55-32-30-53(31-33-55)49-18-8-2-9-19-49)72-71(47-60)74-69-40-35-57(51-22-12-4-13-23-51)43-64(69)65-45-59(37-41-70(65)74)58-36-39-68-63(44-58)62-42-56(50-20-10-3-11-21-50)34-38-67(62)73(68)61-24-14-5-15-25-61/h1-36,38-47,59,63,68H,37H2. The fourth-order valence-electron chi connectivity index (χ4n) is 11.8. The Bertz CT molecular complexity index is 3960. The van der Waals surface area contributed by atoms with Crippen molar-refractivity contribution in [1.82, 2.24) is 9.55 Å². The Hall–Kier alpha value is -9.31. The van der Waals surface area contributed by atoms with Crippen LogP contribution in [0.25, 0.3) is 95.8 Å². The Morgan fingerprint density at radius 2 is 0.919 bits per heavy atom. The van der Waals surface area contributed by atoms with Crippen molar-refractivity contribution in [3.05, 3.63) is 289 Å². The Balaban J connectivity index is 0.918. The highest BCUT2D eigenvalue weighted by atomic mass is 15.2. The first-order valence-electron chi connectivity index (χ1n) is 25.9. The van der Waals surface area contributed by atoms with Crippen LogP contribution in [0.1, 0.15) is 17.9 Å². The van der Waals surface area contributed by atoms with Gasteiger partial charge in [0.2, 0.25) is 0 Å². The zero-order chi connectivity index (χ0) is 49.0. The Morgan fingerprint density at radius 3 is 1.53 bits per heavy atom. The maximum absolute atomic E-state index is 5.61. The van der Waals surface area contributed by atoms with E-state index in [1.54, 1.807) is 0 Å². The number of aromatic nitrogens is 2. The van der Waals surface area contributed by atoms with Crippen LogP contribution in [0.3, 0.4) is 0 Å². The van der Waals surface area contributed by atoms with Gasteiger partial charge in [-0.3, -0.25) is 4.57 Å². The van der Waals surface area contributed by atoms with Crippen LogP contribution in [-0.4, -0.2) is 15.6 Å². The summed E-state index contributed by atoms with van der Waals surface area (Å²) in [6.45, 7) is 0. The highest BCUT2D eigenvalue weighted by Gasteiger charge is 2.39. The van der Waals surface area contributed by atoms with Gasteiger partial charge < -0.3 is 4.90 Å². The summed E-state index contributed by atoms with van der Waals surface area (Å²) in [6.07, 6.45) is 13.4. The van der Waals surface area contributed by atoms with E-state index in [0.717, 1.165) is 40.1 Å². The van der Waals surface area contributed by atoms with E-state index in [1.807, 2.05) is 0 Å². The molecule has 350 valence electrons. The molecule has 0 radical (unpaired) electrons. The number of allylic oxidation sites excluding steroid dienone is 2. The molecule has 3 aliphatic rings. The minimum absolute atomic E-state index is 0.178. The third-order valence-electron chi connectivity index (χ3n) is 15.5. The molecule has 0 saturated heterocycles. The number of para-hydroxylation sites is 1. The van der Waals surface area contributed by atoms with Crippen molar-refractivity contribution in [3.8, 4) is 72.7 Å². The molecular weight excluding hydrogens is 895 g/mol. The summed E-state index contributed by atoms with van der Waals surface area (Å²) in [7, 11) is 0. The lowest BCUT2D eigenvalue weighted by molar-refractivity contribution is 0.716. The van der Waals surface area contributed by atoms with Gasteiger partial charge in [-0.2, -0.15) is 0 Å². The van der Waals surface area contributed by atoms with E-state index < -0.39 is 0 Å². The van der Waals surface area contributed by atoms with Crippen LogP contribution in [0.4, 0.5) is 11.4 Å². The van der Waals surface area contributed by atoms with Crippen LogP contribution in [0.2, 0.25) is 0 Å². The summed E-state index contributed by atoms with van der Waals surface area (Å²) >= 11 is 0. The van der Waals surface area contributed by atoms with Crippen molar-refractivity contribution < 1.29 is 0 Å². The predicted molar refractivity (Wildman–Crippen MR) is 309 cm³/mol. The van der Waals surface area contributed by atoms with E-state index in [9.17, 15) is 0 Å². The van der Waals surface area contributed by atoms with Crippen LogP contribution < -0.4 is 15.5 Å². The predicted octanol–water partition coefficient (Wildman–Crippen LogP) is 16.4. The number of hydrogen-bond donors (Lipinski definition) is 0. The molecule has 11 aromatic rings. The lowest BCUT2D eigenvalue weighted by Gasteiger charge is -2.30. The molecule has 0 saturated carbocycles. The second-order valence-electron chi connectivity index (χ2n) is 19.8. The van der Waals surface area contributed by atoms with Gasteiger partial charge in [0.25, 0.3) is 0 Å². The van der Waals surface area contributed by atoms with Crippen LogP contribution >= 0.6 is 0 Å². The Kier molecular flexibility index (Phi) is 10.8. The van der Waals surface area contributed by atoms with Gasteiger partial charge in [-0.05, 0) is 122 Å². The van der Waals surface area contributed by atoms with E-state index in [1.165, 1.54) is 83.0 Å². The Morgan fingerprint density at radius 1 is 0.419 bits per heavy atom. The number of hydrogen-bond acceptors (Lipinski definition) is 2. The average molecular weight is 946 g/mol. The van der Waals surface area contributed by atoms with E-state index in [2.05, 4.69) is 289 Å². The van der Waals surface area contributed by atoms with Crippen LogP contribution in [-0.2, 0) is 0 Å². The van der Waals surface area contributed by atoms with Gasteiger partial charge in [0.15, 0.2) is 0 Å². The van der Waals surface area contributed by atoms with Crippen molar-refractivity contribution in [2.75, 3.05) is 4.90 Å². The van der Waals surface area contributed by atoms with Crippen LogP contribution in [0.5, 0.6) is 0 Å². The van der Waals surface area contributed by atoms with Crippen LogP contribution in [0.15, 0.2) is 273 Å². The first kappa shape index (κ1) is 43.5. The summed E-state index contributed by atoms with van der Waals surface area (Å²) in [5.74, 6) is 1.28. The van der Waals surface area contributed by atoms with Gasteiger partial charge in [-0.15, -0.1) is 0 Å². The molecule has 1 aliphatic heterocycles.